The van der Waals surface area contributed by atoms with Crippen molar-refractivity contribution in [3.63, 3.8) is 0 Å². The lowest BCUT2D eigenvalue weighted by Gasteiger charge is -1.81. The third-order valence-corrected chi connectivity index (χ3v) is 0.975. The number of hydrogen-bond acceptors (Lipinski definition) is 2. The molecule has 2 N–H and O–H groups in total. The molecule has 0 radical (unpaired) electrons. The first-order valence-corrected chi connectivity index (χ1v) is 3.45. The van der Waals surface area contributed by atoms with Crippen LogP contribution in [-0.2, 0) is 0 Å². The largest absolute Gasteiger partial charge is 0.396 e. The van der Waals surface area contributed by atoms with E-state index in [0.717, 1.165) is 0 Å². The van der Waals surface area contributed by atoms with E-state index < -0.39 is 0 Å². The molecule has 0 aliphatic carbocycles. The van der Waals surface area contributed by atoms with Gasteiger partial charge in [-0.25, -0.2) is 0 Å². The summed E-state index contributed by atoms with van der Waals surface area (Å²) in [5, 5.41) is 16.7. The quantitative estimate of drug-likeness (QED) is 0.559. The second-order valence-electron chi connectivity index (χ2n) is 1.88. The summed E-state index contributed by atoms with van der Waals surface area (Å²) in [7, 11) is 0. The van der Waals surface area contributed by atoms with E-state index in [-0.39, 0.29) is 13.2 Å². The van der Waals surface area contributed by atoms with Gasteiger partial charge in [0.25, 0.3) is 0 Å². The fourth-order valence-electron chi connectivity index (χ4n) is 0.499. The van der Waals surface area contributed by atoms with Crippen LogP contribution in [0.4, 0.5) is 0 Å². The van der Waals surface area contributed by atoms with Gasteiger partial charge in [0, 0.05) is 13.2 Å². The summed E-state index contributed by atoms with van der Waals surface area (Å²) in [6.45, 7) is 0.397. The molecule has 0 aliphatic heterocycles. The zero-order valence-electron chi connectivity index (χ0n) is 6.03. The van der Waals surface area contributed by atoms with Crippen molar-refractivity contribution in [1.82, 2.24) is 0 Å². The summed E-state index contributed by atoms with van der Waals surface area (Å²) < 4.78 is 0. The third-order valence-electron chi connectivity index (χ3n) is 0.975. The van der Waals surface area contributed by atoms with Crippen LogP contribution in [0, 0.1) is 0 Å². The number of aliphatic hydroxyl groups excluding tert-OH is 2. The van der Waals surface area contributed by atoms with E-state index in [9.17, 15) is 0 Å². The van der Waals surface area contributed by atoms with Gasteiger partial charge in [0.2, 0.25) is 0 Å². The molecule has 0 heterocycles. The van der Waals surface area contributed by atoms with Crippen LogP contribution < -0.4 is 0 Å². The van der Waals surface area contributed by atoms with Crippen molar-refractivity contribution in [1.29, 1.82) is 0 Å². The second-order valence-corrected chi connectivity index (χ2v) is 1.88. The predicted molar refractivity (Wildman–Crippen MR) is 41.7 cm³/mol. The Labute approximate surface area is 61.5 Å². The highest BCUT2D eigenvalue weighted by atomic mass is 16.3. The van der Waals surface area contributed by atoms with Crippen molar-refractivity contribution in [2.45, 2.75) is 12.8 Å². The molecular weight excluding hydrogens is 128 g/mol. The Balaban J connectivity index is 3.15. The molecule has 0 rings (SSSR count). The Kier molecular flexibility index (Phi) is 7.90. The molecule has 0 aliphatic rings. The zero-order valence-corrected chi connectivity index (χ0v) is 6.03. The highest BCUT2D eigenvalue weighted by Gasteiger charge is 1.71. The van der Waals surface area contributed by atoms with Crippen LogP contribution in [-0.4, -0.2) is 23.4 Å². The molecule has 0 atom stereocenters. The SMILES string of the molecule is OCC/C=C/C=C/CCO. The van der Waals surface area contributed by atoms with Crippen LogP contribution in [0.1, 0.15) is 12.8 Å². The third kappa shape index (κ3) is 7.40. The molecule has 0 bridgehead atoms. The number of rotatable bonds is 5. The molecule has 0 unspecified atom stereocenters. The standard InChI is InChI=1S/C8H14O2/c9-7-5-3-1-2-4-6-8-10/h1-4,9-10H,5-8H2/b3-1+,4-2+. The first-order chi connectivity index (χ1) is 4.91. The van der Waals surface area contributed by atoms with Crippen LogP contribution in [0.2, 0.25) is 0 Å². The maximum atomic E-state index is 8.35. The highest BCUT2D eigenvalue weighted by Crippen LogP contribution is 1.84. The number of hydrogen-bond donors (Lipinski definition) is 2. The van der Waals surface area contributed by atoms with Crippen molar-refractivity contribution in [2.24, 2.45) is 0 Å². The Hall–Kier alpha value is -0.600. The van der Waals surface area contributed by atoms with E-state index in [4.69, 9.17) is 10.2 Å². The summed E-state index contributed by atoms with van der Waals surface area (Å²) in [6, 6.07) is 0. The van der Waals surface area contributed by atoms with E-state index in [1.165, 1.54) is 0 Å². The van der Waals surface area contributed by atoms with Crippen LogP contribution >= 0.6 is 0 Å². The first-order valence-electron chi connectivity index (χ1n) is 3.45. The summed E-state index contributed by atoms with van der Waals surface area (Å²) >= 11 is 0. The van der Waals surface area contributed by atoms with E-state index >= 15 is 0 Å². The number of allylic oxidation sites excluding steroid dienone is 2. The van der Waals surface area contributed by atoms with E-state index in [1.807, 2.05) is 24.3 Å². The highest BCUT2D eigenvalue weighted by molar-refractivity contribution is 5.02. The summed E-state index contributed by atoms with van der Waals surface area (Å²) in [5.74, 6) is 0. The molecule has 58 valence electrons. The zero-order chi connectivity index (χ0) is 7.66. The van der Waals surface area contributed by atoms with E-state index in [2.05, 4.69) is 0 Å². The van der Waals surface area contributed by atoms with Gasteiger partial charge in [-0.3, -0.25) is 0 Å². The van der Waals surface area contributed by atoms with E-state index in [1.54, 1.807) is 0 Å². The Morgan fingerprint density at radius 1 is 0.800 bits per heavy atom. The van der Waals surface area contributed by atoms with Crippen molar-refractivity contribution < 1.29 is 10.2 Å². The Morgan fingerprint density at radius 3 is 1.50 bits per heavy atom. The molecule has 0 aromatic heterocycles. The molecule has 2 nitrogen and oxygen atoms in total. The maximum Gasteiger partial charge on any atom is 0.0465 e. The van der Waals surface area contributed by atoms with Crippen LogP contribution in [0.15, 0.2) is 24.3 Å². The molecule has 0 amide bonds. The van der Waals surface area contributed by atoms with Crippen molar-refractivity contribution in [3.8, 4) is 0 Å². The molecular formula is C8H14O2. The van der Waals surface area contributed by atoms with Crippen LogP contribution in [0.3, 0.4) is 0 Å². The smallest absolute Gasteiger partial charge is 0.0465 e. The van der Waals surface area contributed by atoms with Gasteiger partial charge in [-0.1, -0.05) is 24.3 Å². The van der Waals surface area contributed by atoms with Gasteiger partial charge >= 0.3 is 0 Å². The summed E-state index contributed by atoms with van der Waals surface area (Å²) in [6.07, 6.45) is 8.90. The summed E-state index contributed by atoms with van der Waals surface area (Å²) in [5.41, 5.74) is 0. The van der Waals surface area contributed by atoms with Gasteiger partial charge in [0.1, 0.15) is 0 Å². The fourth-order valence-corrected chi connectivity index (χ4v) is 0.499. The van der Waals surface area contributed by atoms with Gasteiger partial charge in [0.15, 0.2) is 0 Å². The lowest BCUT2D eigenvalue weighted by molar-refractivity contribution is 0.302. The van der Waals surface area contributed by atoms with Crippen molar-refractivity contribution >= 4 is 0 Å². The van der Waals surface area contributed by atoms with Crippen LogP contribution in [0.25, 0.3) is 0 Å². The maximum absolute atomic E-state index is 8.35. The van der Waals surface area contributed by atoms with Crippen molar-refractivity contribution in [2.75, 3.05) is 13.2 Å². The molecule has 10 heavy (non-hydrogen) atoms. The molecule has 2 heteroatoms. The average molecular weight is 142 g/mol. The lowest BCUT2D eigenvalue weighted by Crippen LogP contribution is -1.75. The van der Waals surface area contributed by atoms with Gasteiger partial charge < -0.3 is 10.2 Å². The van der Waals surface area contributed by atoms with Gasteiger partial charge in [-0.15, -0.1) is 0 Å². The van der Waals surface area contributed by atoms with Gasteiger partial charge in [0.05, 0.1) is 0 Å². The summed E-state index contributed by atoms with van der Waals surface area (Å²) in [4.78, 5) is 0. The van der Waals surface area contributed by atoms with Gasteiger partial charge in [-0.05, 0) is 12.8 Å². The fraction of sp³-hybridized carbons (Fsp3) is 0.500. The molecule has 0 spiro atoms. The lowest BCUT2D eigenvalue weighted by atomic mass is 10.3. The second kappa shape index (κ2) is 8.40. The molecule has 0 fully saturated rings. The Bertz CT molecular complexity index is 91.8. The number of aliphatic hydroxyl groups is 2. The minimum absolute atomic E-state index is 0.199. The minimum atomic E-state index is 0.199. The minimum Gasteiger partial charge on any atom is -0.396 e. The van der Waals surface area contributed by atoms with Crippen molar-refractivity contribution in [3.05, 3.63) is 24.3 Å². The monoisotopic (exact) mass is 142 g/mol. The van der Waals surface area contributed by atoms with Crippen LogP contribution in [0.5, 0.6) is 0 Å². The topological polar surface area (TPSA) is 40.5 Å². The van der Waals surface area contributed by atoms with Gasteiger partial charge in [-0.2, -0.15) is 0 Å². The Morgan fingerprint density at radius 2 is 1.20 bits per heavy atom. The molecule has 0 aromatic rings. The predicted octanol–water partition coefficient (Wildman–Crippen LogP) is 0.864. The molecule has 0 saturated carbocycles. The van der Waals surface area contributed by atoms with E-state index in [0.29, 0.717) is 12.8 Å². The average Bonchev–Trinajstić information content (AvgIpc) is 1.97. The molecule has 0 saturated heterocycles. The normalized spacial score (nSPS) is 11.8. The first kappa shape index (κ1) is 9.40. The molecule has 0 aromatic carbocycles.